The highest BCUT2D eigenvalue weighted by molar-refractivity contribution is 7.92. The van der Waals surface area contributed by atoms with E-state index >= 15 is 0 Å². The SMILES string of the molecule is CCOC(=O)c1ccc2nc(NC(=O)CS(=O)(=O)c3ccc(C)cc3)sc2c1. The van der Waals surface area contributed by atoms with E-state index in [4.69, 9.17) is 4.74 Å². The summed E-state index contributed by atoms with van der Waals surface area (Å²) in [4.78, 5) is 28.4. The molecule has 0 saturated carbocycles. The Morgan fingerprint density at radius 2 is 1.86 bits per heavy atom. The summed E-state index contributed by atoms with van der Waals surface area (Å²) in [7, 11) is -3.75. The Bertz CT molecular complexity index is 1130. The van der Waals surface area contributed by atoms with Crippen molar-refractivity contribution >= 4 is 48.4 Å². The van der Waals surface area contributed by atoms with E-state index in [1.54, 1.807) is 37.3 Å². The molecule has 0 spiro atoms. The van der Waals surface area contributed by atoms with Crippen molar-refractivity contribution in [3.05, 3.63) is 53.6 Å². The maximum Gasteiger partial charge on any atom is 0.338 e. The molecule has 0 radical (unpaired) electrons. The molecule has 9 heteroatoms. The first kappa shape index (κ1) is 20.0. The number of fused-ring (bicyclic) bond motifs is 1. The van der Waals surface area contributed by atoms with Crippen molar-refractivity contribution in [3.8, 4) is 0 Å². The van der Waals surface area contributed by atoms with E-state index in [-0.39, 0.29) is 16.6 Å². The molecule has 0 aliphatic heterocycles. The van der Waals surface area contributed by atoms with E-state index in [9.17, 15) is 18.0 Å². The fraction of sp³-hybridized carbons (Fsp3) is 0.211. The van der Waals surface area contributed by atoms with Gasteiger partial charge in [0.25, 0.3) is 0 Å². The van der Waals surface area contributed by atoms with E-state index < -0.39 is 27.5 Å². The Morgan fingerprint density at radius 3 is 2.54 bits per heavy atom. The highest BCUT2D eigenvalue weighted by atomic mass is 32.2. The van der Waals surface area contributed by atoms with Gasteiger partial charge in [-0.05, 0) is 44.2 Å². The fourth-order valence-corrected chi connectivity index (χ4v) is 4.53. The van der Waals surface area contributed by atoms with Crippen molar-refractivity contribution in [1.29, 1.82) is 0 Å². The average molecular weight is 418 g/mol. The number of aryl methyl sites for hydroxylation is 1. The van der Waals surface area contributed by atoms with Crippen LogP contribution >= 0.6 is 11.3 Å². The molecule has 0 aliphatic rings. The molecule has 0 bridgehead atoms. The number of carbonyl (C=O) groups is 2. The van der Waals surface area contributed by atoms with Gasteiger partial charge in [0.1, 0.15) is 5.75 Å². The first-order valence-electron chi connectivity index (χ1n) is 8.45. The van der Waals surface area contributed by atoms with Gasteiger partial charge in [0, 0.05) is 0 Å². The second-order valence-corrected chi connectivity index (χ2v) is 9.06. The summed E-state index contributed by atoms with van der Waals surface area (Å²) in [5.41, 5.74) is 1.91. The van der Waals surface area contributed by atoms with Crippen molar-refractivity contribution in [1.82, 2.24) is 4.98 Å². The molecular weight excluding hydrogens is 400 g/mol. The fourth-order valence-electron chi connectivity index (χ4n) is 2.48. The van der Waals surface area contributed by atoms with Crippen LogP contribution in [0.15, 0.2) is 47.4 Å². The summed E-state index contributed by atoms with van der Waals surface area (Å²) in [6, 6.07) is 11.2. The zero-order valence-electron chi connectivity index (χ0n) is 15.3. The first-order chi connectivity index (χ1) is 13.3. The summed E-state index contributed by atoms with van der Waals surface area (Å²) in [6.07, 6.45) is 0. The maximum atomic E-state index is 12.4. The lowest BCUT2D eigenvalue weighted by Crippen LogP contribution is -2.22. The van der Waals surface area contributed by atoms with Gasteiger partial charge in [0.2, 0.25) is 5.91 Å². The molecule has 1 aromatic heterocycles. The molecule has 0 unspecified atom stereocenters. The van der Waals surface area contributed by atoms with Crippen LogP contribution in [0.2, 0.25) is 0 Å². The van der Waals surface area contributed by atoms with Crippen molar-refractivity contribution in [2.24, 2.45) is 0 Å². The van der Waals surface area contributed by atoms with Crippen LogP contribution in [0.3, 0.4) is 0 Å². The minimum absolute atomic E-state index is 0.0941. The molecule has 7 nitrogen and oxygen atoms in total. The number of carbonyl (C=O) groups excluding carboxylic acids is 2. The summed E-state index contributed by atoms with van der Waals surface area (Å²) in [6.45, 7) is 3.85. The van der Waals surface area contributed by atoms with E-state index in [0.717, 1.165) is 16.9 Å². The minimum Gasteiger partial charge on any atom is -0.462 e. The number of rotatable bonds is 6. The van der Waals surface area contributed by atoms with E-state index in [0.29, 0.717) is 15.8 Å². The third-order valence-corrected chi connectivity index (χ3v) is 6.41. The number of thiazole rings is 1. The number of benzene rings is 2. The number of aromatic nitrogens is 1. The highest BCUT2D eigenvalue weighted by Crippen LogP contribution is 2.27. The smallest absolute Gasteiger partial charge is 0.338 e. The normalized spacial score (nSPS) is 11.4. The number of esters is 1. The summed E-state index contributed by atoms with van der Waals surface area (Å²) in [5, 5.41) is 2.78. The third-order valence-electron chi connectivity index (χ3n) is 3.85. The zero-order valence-corrected chi connectivity index (χ0v) is 16.9. The first-order valence-corrected chi connectivity index (χ1v) is 10.9. The van der Waals surface area contributed by atoms with Crippen molar-refractivity contribution in [3.63, 3.8) is 0 Å². The van der Waals surface area contributed by atoms with E-state index in [1.165, 1.54) is 12.1 Å². The number of hydrogen-bond donors (Lipinski definition) is 1. The number of amides is 1. The molecule has 1 amide bonds. The molecule has 2 aromatic carbocycles. The van der Waals surface area contributed by atoms with Gasteiger partial charge < -0.3 is 10.1 Å². The zero-order chi connectivity index (χ0) is 20.3. The van der Waals surface area contributed by atoms with Crippen LogP contribution in [0, 0.1) is 6.92 Å². The Morgan fingerprint density at radius 1 is 1.14 bits per heavy atom. The summed E-state index contributed by atoms with van der Waals surface area (Å²) in [5.74, 6) is -1.79. The molecule has 0 fully saturated rings. The highest BCUT2D eigenvalue weighted by Gasteiger charge is 2.20. The van der Waals surface area contributed by atoms with Gasteiger partial charge in [0.05, 0.1) is 27.3 Å². The Kier molecular flexibility index (Phi) is 5.76. The molecule has 3 rings (SSSR count). The summed E-state index contributed by atoms with van der Waals surface area (Å²) >= 11 is 1.15. The molecule has 0 saturated heterocycles. The molecule has 0 aliphatic carbocycles. The molecule has 146 valence electrons. The Hall–Kier alpha value is -2.78. The maximum absolute atomic E-state index is 12.4. The topological polar surface area (TPSA) is 102 Å². The van der Waals surface area contributed by atoms with Gasteiger partial charge in [-0.15, -0.1) is 0 Å². The minimum atomic E-state index is -3.75. The van der Waals surface area contributed by atoms with Crippen LogP contribution in [0.4, 0.5) is 5.13 Å². The lowest BCUT2D eigenvalue weighted by Gasteiger charge is -2.04. The van der Waals surface area contributed by atoms with E-state index in [1.807, 2.05) is 6.92 Å². The molecule has 1 heterocycles. The van der Waals surface area contributed by atoms with Crippen LogP contribution in [-0.4, -0.2) is 37.6 Å². The van der Waals surface area contributed by atoms with Crippen LogP contribution in [0.1, 0.15) is 22.8 Å². The summed E-state index contributed by atoms with van der Waals surface area (Å²) < 4.78 is 30.4. The van der Waals surface area contributed by atoms with Crippen LogP contribution in [-0.2, 0) is 19.4 Å². The van der Waals surface area contributed by atoms with Crippen molar-refractivity contribution < 1.29 is 22.7 Å². The number of anilines is 1. The van der Waals surface area contributed by atoms with E-state index in [2.05, 4.69) is 10.3 Å². The second-order valence-electron chi connectivity index (χ2n) is 6.04. The largest absolute Gasteiger partial charge is 0.462 e. The number of nitrogens with one attached hydrogen (secondary N) is 1. The molecule has 0 atom stereocenters. The standard InChI is InChI=1S/C19H18N2O5S2/c1-3-26-18(23)13-6-9-15-16(10-13)27-19(20-15)21-17(22)11-28(24,25)14-7-4-12(2)5-8-14/h4-10H,3,11H2,1-2H3,(H,20,21,22). The van der Waals surface area contributed by atoms with Crippen molar-refractivity contribution in [2.75, 3.05) is 17.7 Å². The van der Waals surface area contributed by atoms with Crippen LogP contribution < -0.4 is 5.32 Å². The van der Waals surface area contributed by atoms with Gasteiger partial charge >= 0.3 is 5.97 Å². The lowest BCUT2D eigenvalue weighted by atomic mass is 10.2. The molecule has 1 N–H and O–H groups in total. The molecule has 28 heavy (non-hydrogen) atoms. The van der Waals surface area contributed by atoms with Gasteiger partial charge in [-0.25, -0.2) is 18.2 Å². The lowest BCUT2D eigenvalue weighted by molar-refractivity contribution is -0.113. The van der Waals surface area contributed by atoms with Crippen LogP contribution in [0.25, 0.3) is 10.2 Å². The van der Waals surface area contributed by atoms with Crippen LogP contribution in [0.5, 0.6) is 0 Å². The number of nitrogens with zero attached hydrogens (tertiary/aromatic N) is 1. The Labute approximate surface area is 166 Å². The number of hydrogen-bond acceptors (Lipinski definition) is 7. The van der Waals surface area contributed by atoms with Gasteiger partial charge in [-0.2, -0.15) is 0 Å². The quantitative estimate of drug-likeness (QED) is 0.617. The molecule has 3 aromatic rings. The second kappa shape index (κ2) is 8.07. The number of sulfone groups is 1. The van der Waals surface area contributed by atoms with Gasteiger partial charge in [0.15, 0.2) is 15.0 Å². The third kappa shape index (κ3) is 4.55. The predicted octanol–water partition coefficient (Wildman–Crippen LogP) is 3.19. The predicted molar refractivity (Wildman–Crippen MR) is 107 cm³/mol. The monoisotopic (exact) mass is 418 g/mol. The van der Waals surface area contributed by atoms with Gasteiger partial charge in [-0.3, -0.25) is 4.79 Å². The van der Waals surface area contributed by atoms with Gasteiger partial charge in [-0.1, -0.05) is 29.0 Å². The average Bonchev–Trinajstić information content (AvgIpc) is 3.02. The number of ether oxygens (including phenoxy) is 1. The van der Waals surface area contributed by atoms with Crippen molar-refractivity contribution in [2.45, 2.75) is 18.7 Å². The molecular formula is C19H18N2O5S2. The Balaban J connectivity index is 1.74.